The lowest BCUT2D eigenvalue weighted by Crippen LogP contribution is -2.35. The van der Waals surface area contributed by atoms with E-state index in [2.05, 4.69) is 27.7 Å². The fourth-order valence-electron chi connectivity index (χ4n) is 3.42. The minimum absolute atomic E-state index is 0.122. The van der Waals surface area contributed by atoms with Crippen LogP contribution in [-0.4, -0.2) is 30.9 Å². The van der Waals surface area contributed by atoms with Crippen LogP contribution < -0.4 is 0 Å². The van der Waals surface area contributed by atoms with Crippen molar-refractivity contribution in [3.05, 3.63) is 11.6 Å². The molecule has 0 radical (unpaired) electrons. The van der Waals surface area contributed by atoms with Crippen LogP contribution in [-0.2, 0) is 14.4 Å². The number of Topliss-reactive ketones (excluding diaryl/α,β-unsaturated/α-hetero) is 1. The van der Waals surface area contributed by atoms with E-state index in [4.69, 9.17) is 4.84 Å². The Kier molecular flexibility index (Phi) is 10.9. The Hall–Kier alpha value is -1.16. The second-order valence-electron chi connectivity index (χ2n) is 7.40. The summed E-state index contributed by atoms with van der Waals surface area (Å²) in [5.41, 5.74) is 0.668. The van der Waals surface area contributed by atoms with E-state index in [9.17, 15) is 9.59 Å². The molecule has 0 aromatic carbocycles. The molecule has 0 aromatic rings. The summed E-state index contributed by atoms with van der Waals surface area (Å²) < 4.78 is 0. The number of nitrogens with zero attached hydrogens (tertiary/aromatic N) is 1. The molecule has 4 heteroatoms. The Labute approximate surface area is 148 Å². The van der Waals surface area contributed by atoms with Gasteiger partial charge in [-0.2, -0.15) is 0 Å². The summed E-state index contributed by atoms with van der Waals surface area (Å²) in [4.78, 5) is 29.3. The van der Waals surface area contributed by atoms with Crippen LogP contribution in [0.5, 0.6) is 0 Å². The maximum absolute atomic E-state index is 12.4. The number of ketones is 1. The van der Waals surface area contributed by atoms with Gasteiger partial charge in [0.2, 0.25) is 0 Å². The minimum Gasteiger partial charge on any atom is -0.294 e. The Morgan fingerprint density at radius 3 is 2.17 bits per heavy atom. The highest BCUT2D eigenvalue weighted by atomic mass is 16.7. The molecule has 0 aromatic heterocycles. The van der Waals surface area contributed by atoms with Crippen molar-refractivity contribution in [1.29, 1.82) is 0 Å². The molecule has 0 aliphatic carbocycles. The van der Waals surface area contributed by atoms with Crippen LogP contribution in [0.2, 0.25) is 0 Å². The van der Waals surface area contributed by atoms with Gasteiger partial charge in [0.25, 0.3) is 5.91 Å². The lowest BCUT2D eigenvalue weighted by atomic mass is 9.86. The molecule has 0 saturated carbocycles. The van der Waals surface area contributed by atoms with Gasteiger partial charge in [0.15, 0.2) is 5.78 Å². The molecule has 0 rings (SSSR count). The van der Waals surface area contributed by atoms with Crippen LogP contribution in [0.15, 0.2) is 11.6 Å². The molecule has 0 saturated heterocycles. The maximum atomic E-state index is 12.4. The smallest absolute Gasteiger partial charge is 0.256 e. The zero-order valence-corrected chi connectivity index (χ0v) is 16.9. The number of carbonyl (C=O) groups is 2. The van der Waals surface area contributed by atoms with Crippen molar-refractivity contribution in [2.75, 3.05) is 14.2 Å². The Bertz CT molecular complexity index is 431. The Balaban J connectivity index is 4.64. The van der Waals surface area contributed by atoms with E-state index in [1.54, 1.807) is 13.8 Å². The third kappa shape index (κ3) is 8.09. The van der Waals surface area contributed by atoms with E-state index in [1.807, 2.05) is 6.08 Å². The molecule has 0 fully saturated rings. The molecular weight excluding hydrogens is 302 g/mol. The van der Waals surface area contributed by atoms with Gasteiger partial charge in [-0.25, -0.2) is 5.06 Å². The molecule has 4 nitrogen and oxygen atoms in total. The van der Waals surface area contributed by atoms with Crippen LogP contribution in [0.3, 0.4) is 0 Å². The number of hydrogen-bond acceptors (Lipinski definition) is 3. The van der Waals surface area contributed by atoms with Crippen molar-refractivity contribution >= 4 is 11.7 Å². The lowest BCUT2D eigenvalue weighted by molar-refractivity contribution is -0.173. The maximum Gasteiger partial charge on any atom is 0.256 e. The molecular formula is C20H37NO3. The van der Waals surface area contributed by atoms with Gasteiger partial charge in [-0.3, -0.25) is 14.4 Å². The molecule has 0 unspecified atom stereocenters. The fourth-order valence-corrected chi connectivity index (χ4v) is 3.42. The molecule has 0 spiro atoms. The summed E-state index contributed by atoms with van der Waals surface area (Å²) >= 11 is 0. The zero-order chi connectivity index (χ0) is 18.9. The average Bonchev–Trinajstić information content (AvgIpc) is 2.51. The van der Waals surface area contributed by atoms with Gasteiger partial charge in [0, 0.05) is 7.05 Å². The highest BCUT2D eigenvalue weighted by Crippen LogP contribution is 2.24. The Morgan fingerprint density at radius 2 is 1.67 bits per heavy atom. The van der Waals surface area contributed by atoms with Crippen LogP contribution in [0.4, 0.5) is 0 Å². The monoisotopic (exact) mass is 339 g/mol. The van der Waals surface area contributed by atoms with E-state index in [1.165, 1.54) is 33.4 Å². The van der Waals surface area contributed by atoms with Gasteiger partial charge in [-0.15, -0.1) is 0 Å². The molecule has 1 amide bonds. The number of allylic oxidation sites excluding steroid dienone is 2. The number of amides is 1. The molecule has 24 heavy (non-hydrogen) atoms. The van der Waals surface area contributed by atoms with Gasteiger partial charge in [-0.1, -0.05) is 46.6 Å². The van der Waals surface area contributed by atoms with Gasteiger partial charge >= 0.3 is 0 Å². The van der Waals surface area contributed by atoms with E-state index in [0.29, 0.717) is 17.4 Å². The van der Waals surface area contributed by atoms with Crippen LogP contribution in [0, 0.1) is 23.7 Å². The normalized spacial score (nSPS) is 17.1. The first kappa shape index (κ1) is 22.8. The number of hydroxylamine groups is 2. The first-order valence-electron chi connectivity index (χ1n) is 9.18. The van der Waals surface area contributed by atoms with Gasteiger partial charge in [0.1, 0.15) is 5.92 Å². The third-order valence-electron chi connectivity index (χ3n) is 4.63. The quantitative estimate of drug-likeness (QED) is 0.313. The number of hydrogen-bond donors (Lipinski definition) is 0. The standard InChI is InChI=1S/C20H37NO3/c1-9-10-14(2)11-15(3)12-16(4)13-17(5)19(22)18(6)20(23)21(7)24-8/h13-16,18H,9-12H2,1-8H3/b17-13+/t14-,15-,16-,18-/m0/s1. The molecule has 140 valence electrons. The Morgan fingerprint density at radius 1 is 1.08 bits per heavy atom. The molecule has 0 N–H and O–H groups in total. The largest absolute Gasteiger partial charge is 0.294 e. The summed E-state index contributed by atoms with van der Waals surface area (Å²) in [5, 5.41) is 1.11. The summed E-state index contributed by atoms with van der Waals surface area (Å²) in [6.07, 6.45) is 6.82. The van der Waals surface area contributed by atoms with Crippen molar-refractivity contribution in [1.82, 2.24) is 5.06 Å². The van der Waals surface area contributed by atoms with Crippen molar-refractivity contribution in [3.63, 3.8) is 0 Å². The van der Waals surface area contributed by atoms with E-state index in [0.717, 1.165) is 17.4 Å². The predicted molar refractivity (Wildman–Crippen MR) is 99.3 cm³/mol. The van der Waals surface area contributed by atoms with Crippen LogP contribution >= 0.6 is 0 Å². The first-order chi connectivity index (χ1) is 11.1. The molecule has 0 heterocycles. The summed E-state index contributed by atoms with van der Waals surface area (Å²) in [7, 11) is 2.94. The number of carbonyl (C=O) groups excluding carboxylic acids is 2. The zero-order valence-electron chi connectivity index (χ0n) is 16.9. The third-order valence-corrected chi connectivity index (χ3v) is 4.63. The molecule has 0 bridgehead atoms. The topological polar surface area (TPSA) is 46.6 Å². The van der Waals surface area contributed by atoms with E-state index in [-0.39, 0.29) is 11.7 Å². The minimum atomic E-state index is -0.708. The van der Waals surface area contributed by atoms with Gasteiger partial charge in [-0.05, 0) is 50.0 Å². The molecule has 4 atom stereocenters. The van der Waals surface area contributed by atoms with E-state index >= 15 is 0 Å². The van der Waals surface area contributed by atoms with Crippen molar-refractivity contribution in [2.45, 2.75) is 67.2 Å². The lowest BCUT2D eigenvalue weighted by Gasteiger charge is -2.20. The number of rotatable bonds is 11. The summed E-state index contributed by atoms with van der Waals surface area (Å²) in [6.45, 7) is 12.4. The van der Waals surface area contributed by atoms with Crippen molar-refractivity contribution in [2.24, 2.45) is 23.7 Å². The average molecular weight is 340 g/mol. The van der Waals surface area contributed by atoms with Crippen molar-refractivity contribution < 1.29 is 14.4 Å². The summed E-state index contributed by atoms with van der Waals surface area (Å²) in [5.74, 6) is 0.582. The molecule has 0 aliphatic rings. The van der Waals surface area contributed by atoms with E-state index < -0.39 is 5.92 Å². The van der Waals surface area contributed by atoms with Gasteiger partial charge in [0.05, 0.1) is 7.11 Å². The second-order valence-corrected chi connectivity index (χ2v) is 7.40. The molecule has 0 aliphatic heterocycles. The highest BCUT2D eigenvalue weighted by molar-refractivity contribution is 6.08. The van der Waals surface area contributed by atoms with Crippen LogP contribution in [0.1, 0.15) is 67.2 Å². The summed E-state index contributed by atoms with van der Waals surface area (Å²) in [6, 6.07) is 0. The van der Waals surface area contributed by atoms with Crippen LogP contribution in [0.25, 0.3) is 0 Å². The fraction of sp³-hybridized carbons (Fsp3) is 0.800. The SMILES string of the molecule is CCC[C@H](C)C[C@H](C)C[C@H](C)/C=C(\C)C(=O)[C@H](C)C(=O)N(C)OC. The van der Waals surface area contributed by atoms with Crippen molar-refractivity contribution in [3.8, 4) is 0 Å². The predicted octanol–water partition coefficient (Wildman–Crippen LogP) is 4.65. The first-order valence-corrected chi connectivity index (χ1v) is 9.18. The van der Waals surface area contributed by atoms with Gasteiger partial charge < -0.3 is 0 Å². The second kappa shape index (κ2) is 11.4. The highest BCUT2D eigenvalue weighted by Gasteiger charge is 2.26.